The Bertz CT molecular complexity index is 250. The molecule has 0 saturated heterocycles. The molecule has 0 bridgehead atoms. The molecule has 0 spiro atoms. The van der Waals surface area contributed by atoms with Crippen molar-refractivity contribution in [2.24, 2.45) is 0 Å². The van der Waals surface area contributed by atoms with Crippen molar-refractivity contribution in [2.75, 3.05) is 0 Å². The summed E-state index contributed by atoms with van der Waals surface area (Å²) < 4.78 is 0. The molecule has 0 nitrogen and oxygen atoms in total. The maximum absolute atomic E-state index is 4.44. The van der Waals surface area contributed by atoms with Crippen LogP contribution in [-0.4, -0.2) is 0 Å². The molecule has 12 heavy (non-hydrogen) atoms. The van der Waals surface area contributed by atoms with Gasteiger partial charge in [-0.1, -0.05) is 26.0 Å². The van der Waals surface area contributed by atoms with Crippen molar-refractivity contribution in [1.29, 1.82) is 0 Å². The van der Waals surface area contributed by atoms with Crippen LogP contribution in [-0.2, 0) is 12.8 Å². The van der Waals surface area contributed by atoms with Gasteiger partial charge >= 0.3 is 0 Å². The monoisotopic (exact) mass is 198 g/mol. The molecule has 66 valence electrons. The van der Waals surface area contributed by atoms with Gasteiger partial charge in [0, 0.05) is 9.79 Å². The molecule has 1 aromatic rings. The van der Waals surface area contributed by atoms with E-state index in [0.717, 1.165) is 22.6 Å². The first-order valence-corrected chi connectivity index (χ1v) is 5.12. The smallest absolute Gasteiger partial charge is 0.0209 e. The molecule has 0 heterocycles. The lowest BCUT2D eigenvalue weighted by Crippen LogP contribution is -1.90. The molecule has 0 saturated carbocycles. The first-order valence-electron chi connectivity index (χ1n) is 4.23. The molecule has 0 aliphatic rings. The summed E-state index contributed by atoms with van der Waals surface area (Å²) in [6.45, 7) is 4.27. The molecule has 0 radical (unpaired) electrons. The summed E-state index contributed by atoms with van der Waals surface area (Å²) in [5.41, 5.74) is 2.56. The number of rotatable bonds is 2. The minimum Gasteiger partial charge on any atom is -0.142 e. The number of thiol groups is 2. The molecule has 0 aromatic heterocycles. The normalized spacial score (nSPS) is 10.3. The van der Waals surface area contributed by atoms with Gasteiger partial charge in [-0.25, -0.2) is 0 Å². The minimum absolute atomic E-state index is 1.02. The molecule has 0 aliphatic carbocycles. The van der Waals surface area contributed by atoms with Crippen molar-refractivity contribution < 1.29 is 0 Å². The molecule has 0 unspecified atom stereocenters. The number of hydrogen-bond acceptors (Lipinski definition) is 2. The molecule has 1 aromatic carbocycles. The maximum Gasteiger partial charge on any atom is 0.0209 e. The second-order valence-corrected chi connectivity index (χ2v) is 3.68. The van der Waals surface area contributed by atoms with E-state index in [9.17, 15) is 0 Å². The molecule has 1 rings (SSSR count). The van der Waals surface area contributed by atoms with Gasteiger partial charge in [-0.2, -0.15) is 0 Å². The van der Waals surface area contributed by atoms with Gasteiger partial charge in [-0.3, -0.25) is 0 Å². The zero-order chi connectivity index (χ0) is 9.14. The summed E-state index contributed by atoms with van der Waals surface area (Å²) in [5, 5.41) is 0. The van der Waals surface area contributed by atoms with E-state index in [2.05, 4.69) is 51.2 Å². The van der Waals surface area contributed by atoms with Gasteiger partial charge in [0.05, 0.1) is 0 Å². The lowest BCUT2D eigenvalue weighted by Gasteiger charge is -2.08. The molecule has 0 fully saturated rings. The zero-order valence-corrected chi connectivity index (χ0v) is 9.25. The fraction of sp³-hybridized carbons (Fsp3) is 0.400. The van der Waals surface area contributed by atoms with Crippen LogP contribution in [0.25, 0.3) is 0 Å². The lowest BCUT2D eigenvalue weighted by atomic mass is 10.1. The van der Waals surface area contributed by atoms with Crippen LogP contribution in [0.4, 0.5) is 0 Å². The van der Waals surface area contributed by atoms with Gasteiger partial charge < -0.3 is 0 Å². The van der Waals surface area contributed by atoms with E-state index >= 15 is 0 Å². The third-order valence-electron chi connectivity index (χ3n) is 2.08. The largest absolute Gasteiger partial charge is 0.142 e. The second kappa shape index (κ2) is 4.24. The summed E-state index contributed by atoms with van der Waals surface area (Å²) in [4.78, 5) is 2.08. The van der Waals surface area contributed by atoms with Crippen molar-refractivity contribution >= 4 is 25.3 Å². The predicted octanol–water partition coefficient (Wildman–Crippen LogP) is 3.39. The van der Waals surface area contributed by atoms with Gasteiger partial charge in [-0.15, -0.1) is 25.3 Å². The van der Waals surface area contributed by atoms with Crippen LogP contribution in [0.3, 0.4) is 0 Å². The Labute approximate surface area is 85.2 Å². The van der Waals surface area contributed by atoms with Crippen molar-refractivity contribution in [1.82, 2.24) is 0 Å². The Morgan fingerprint density at radius 2 is 1.25 bits per heavy atom. The molecule has 0 aliphatic heterocycles. The molecular weight excluding hydrogens is 184 g/mol. The van der Waals surface area contributed by atoms with E-state index in [1.165, 1.54) is 11.1 Å². The number of aryl methyl sites for hydroxylation is 2. The van der Waals surface area contributed by atoms with E-state index in [-0.39, 0.29) is 0 Å². The number of hydrogen-bond donors (Lipinski definition) is 2. The van der Waals surface area contributed by atoms with Crippen molar-refractivity contribution in [3.8, 4) is 0 Å². The van der Waals surface area contributed by atoms with E-state index in [1.54, 1.807) is 0 Å². The summed E-state index contributed by atoms with van der Waals surface area (Å²) in [5.74, 6) is 0. The highest BCUT2D eigenvalue weighted by molar-refractivity contribution is 7.83. The second-order valence-electron chi connectivity index (χ2n) is 2.79. The molecule has 0 N–H and O–H groups in total. The Hall–Kier alpha value is -0.0800. The van der Waals surface area contributed by atoms with Gasteiger partial charge in [0.25, 0.3) is 0 Å². The quantitative estimate of drug-likeness (QED) is 0.669. The van der Waals surface area contributed by atoms with Gasteiger partial charge in [0.2, 0.25) is 0 Å². The minimum atomic E-state index is 1.02. The van der Waals surface area contributed by atoms with Gasteiger partial charge in [0.15, 0.2) is 0 Å². The molecule has 0 atom stereocenters. The fourth-order valence-electron chi connectivity index (χ4n) is 1.23. The molecular formula is C10H14S2. The van der Waals surface area contributed by atoms with E-state index in [1.807, 2.05) is 0 Å². The average Bonchev–Trinajstić information content (AvgIpc) is 2.10. The first-order chi connectivity index (χ1) is 5.70. The van der Waals surface area contributed by atoms with E-state index < -0.39 is 0 Å². The van der Waals surface area contributed by atoms with Crippen LogP contribution in [0.15, 0.2) is 21.9 Å². The summed E-state index contributed by atoms with van der Waals surface area (Å²) >= 11 is 8.88. The summed E-state index contributed by atoms with van der Waals surface area (Å²) in [6, 6.07) is 4.28. The molecule has 2 heteroatoms. The third kappa shape index (κ3) is 1.80. The van der Waals surface area contributed by atoms with Crippen LogP contribution >= 0.6 is 25.3 Å². The first kappa shape index (κ1) is 10.0. The van der Waals surface area contributed by atoms with Gasteiger partial charge in [-0.05, 0) is 24.0 Å². The third-order valence-corrected chi connectivity index (χ3v) is 3.28. The Morgan fingerprint density at radius 1 is 0.917 bits per heavy atom. The topological polar surface area (TPSA) is 0 Å². The van der Waals surface area contributed by atoms with Crippen molar-refractivity contribution in [3.05, 3.63) is 23.3 Å². The van der Waals surface area contributed by atoms with E-state index in [0.29, 0.717) is 0 Å². The highest BCUT2D eigenvalue weighted by atomic mass is 32.1. The SMILES string of the molecule is CCc1ccc(CC)c(S)c1S. The van der Waals surface area contributed by atoms with Crippen LogP contribution in [0.5, 0.6) is 0 Å². The zero-order valence-electron chi connectivity index (χ0n) is 7.46. The Balaban J connectivity index is 3.20. The number of benzene rings is 1. The maximum atomic E-state index is 4.44. The highest BCUT2D eigenvalue weighted by Gasteiger charge is 2.04. The van der Waals surface area contributed by atoms with Gasteiger partial charge in [0.1, 0.15) is 0 Å². The Kier molecular flexibility index (Phi) is 3.53. The molecule has 0 amide bonds. The predicted molar refractivity (Wildman–Crippen MR) is 59.7 cm³/mol. The fourth-order valence-corrected chi connectivity index (χ4v) is 1.99. The van der Waals surface area contributed by atoms with Crippen molar-refractivity contribution in [3.63, 3.8) is 0 Å². The van der Waals surface area contributed by atoms with E-state index in [4.69, 9.17) is 0 Å². The lowest BCUT2D eigenvalue weighted by molar-refractivity contribution is 0.982. The van der Waals surface area contributed by atoms with Crippen LogP contribution in [0.2, 0.25) is 0 Å². The standard InChI is InChI=1S/C10H14S2/c1-3-7-5-6-8(4-2)10(12)9(7)11/h5-6,11-12H,3-4H2,1-2H3. The summed E-state index contributed by atoms with van der Waals surface area (Å²) in [7, 11) is 0. The van der Waals surface area contributed by atoms with Crippen LogP contribution in [0, 0.1) is 0 Å². The van der Waals surface area contributed by atoms with Crippen LogP contribution < -0.4 is 0 Å². The van der Waals surface area contributed by atoms with Crippen molar-refractivity contribution in [2.45, 2.75) is 36.5 Å². The summed E-state index contributed by atoms with van der Waals surface area (Å²) in [6.07, 6.45) is 2.05. The Morgan fingerprint density at radius 3 is 1.50 bits per heavy atom. The highest BCUT2D eigenvalue weighted by Crippen LogP contribution is 2.26. The average molecular weight is 198 g/mol. The van der Waals surface area contributed by atoms with Crippen LogP contribution in [0.1, 0.15) is 25.0 Å².